The minimum atomic E-state index is -0.914. The number of ether oxygens (including phenoxy) is 3. The first-order valence-corrected chi connectivity index (χ1v) is 19.5. The molecule has 58 heavy (non-hydrogen) atoms. The van der Waals surface area contributed by atoms with Gasteiger partial charge in [0, 0.05) is 22.5 Å². The lowest BCUT2D eigenvalue weighted by molar-refractivity contribution is 0.0147. The van der Waals surface area contributed by atoms with Crippen molar-refractivity contribution < 1.29 is 23.8 Å². The molecule has 0 heterocycles. The van der Waals surface area contributed by atoms with E-state index < -0.39 is 5.60 Å². The number of ketones is 2. The van der Waals surface area contributed by atoms with E-state index in [-0.39, 0.29) is 11.6 Å². The van der Waals surface area contributed by atoms with Crippen LogP contribution in [0.1, 0.15) is 66.6 Å². The molecule has 1 aliphatic rings. The Morgan fingerprint density at radius 2 is 0.914 bits per heavy atom. The van der Waals surface area contributed by atoms with Crippen molar-refractivity contribution in [3.8, 4) is 11.5 Å². The molecule has 7 heteroatoms. The third kappa shape index (κ3) is 7.36. The van der Waals surface area contributed by atoms with E-state index in [1.165, 1.54) is 5.56 Å². The molecule has 7 aromatic rings. The first-order valence-electron chi connectivity index (χ1n) is 19.5. The molecule has 0 fully saturated rings. The van der Waals surface area contributed by atoms with Crippen LogP contribution in [0, 0.1) is 0 Å². The lowest BCUT2D eigenvalue weighted by atomic mass is 9.80. The summed E-state index contributed by atoms with van der Waals surface area (Å²) in [5.74, 6) is 1.15. The molecule has 8 rings (SSSR count). The second kappa shape index (κ2) is 16.6. The highest BCUT2D eigenvalue weighted by atomic mass is 16.5. The lowest BCUT2D eigenvalue weighted by Gasteiger charge is -2.36. The third-order valence-electron chi connectivity index (χ3n) is 10.8. The van der Waals surface area contributed by atoms with E-state index in [2.05, 4.69) is 78.2 Å². The zero-order valence-corrected chi connectivity index (χ0v) is 32.8. The topological polar surface area (TPSA) is 85.9 Å². The van der Waals surface area contributed by atoms with Gasteiger partial charge in [-0.05, 0) is 101 Å². The molecule has 0 radical (unpaired) electrons. The first kappa shape index (κ1) is 37.9. The maximum Gasteiger partial charge on any atom is 0.196 e. The minimum absolute atomic E-state index is 0.187. The standard InChI is InChI=1S/C51H44N2O5/c1-4-34-14-22-39(23-15-34)52-45-30-31-46(48-47(45)49(54)43-12-8-9-13-44(43)50(48)55)53-40-24-16-35(17-25-40)32-33-58-51(36-10-6-5-7-11-36,37-18-26-41(56-2)27-19-37)38-20-28-42(57-3)29-21-38/h5-31,52-53H,4,32-33H2,1-3H3. The average molecular weight is 765 g/mol. The van der Waals surface area contributed by atoms with E-state index in [4.69, 9.17) is 14.2 Å². The molecule has 0 saturated carbocycles. The molecule has 0 amide bonds. The van der Waals surface area contributed by atoms with Gasteiger partial charge in [-0.25, -0.2) is 0 Å². The number of fused-ring (bicyclic) bond motifs is 2. The Labute approximate surface area is 339 Å². The molecule has 0 aliphatic heterocycles. The van der Waals surface area contributed by atoms with Gasteiger partial charge in [-0.15, -0.1) is 0 Å². The molecule has 1 aliphatic carbocycles. The largest absolute Gasteiger partial charge is 0.497 e. The lowest BCUT2D eigenvalue weighted by Crippen LogP contribution is -2.33. The summed E-state index contributed by atoms with van der Waals surface area (Å²) in [5.41, 5.74) is 8.62. The summed E-state index contributed by atoms with van der Waals surface area (Å²) in [4.78, 5) is 28.2. The van der Waals surface area contributed by atoms with Gasteiger partial charge in [0.05, 0.1) is 43.3 Å². The van der Waals surface area contributed by atoms with Crippen LogP contribution in [-0.4, -0.2) is 32.4 Å². The van der Waals surface area contributed by atoms with Crippen LogP contribution < -0.4 is 20.1 Å². The number of methoxy groups -OCH3 is 2. The number of rotatable bonds is 14. The fourth-order valence-corrected chi connectivity index (χ4v) is 7.72. The number of aryl methyl sites for hydroxylation is 1. The minimum Gasteiger partial charge on any atom is -0.497 e. The molecule has 2 N–H and O–H groups in total. The Bertz CT molecular complexity index is 2500. The van der Waals surface area contributed by atoms with Crippen LogP contribution >= 0.6 is 0 Å². The summed E-state index contributed by atoms with van der Waals surface area (Å²) in [5, 5.41) is 6.87. The van der Waals surface area contributed by atoms with Crippen molar-refractivity contribution in [2.24, 2.45) is 0 Å². The summed E-state index contributed by atoms with van der Waals surface area (Å²) in [6.07, 6.45) is 1.57. The summed E-state index contributed by atoms with van der Waals surface area (Å²) < 4.78 is 18.1. The van der Waals surface area contributed by atoms with E-state index in [1.54, 1.807) is 38.5 Å². The number of nitrogens with one attached hydrogen (secondary N) is 2. The summed E-state index contributed by atoms with van der Waals surface area (Å²) in [6, 6.07) is 53.3. The van der Waals surface area contributed by atoms with Gasteiger partial charge in [-0.3, -0.25) is 9.59 Å². The van der Waals surface area contributed by atoms with Gasteiger partial charge in [-0.1, -0.05) is 110 Å². The van der Waals surface area contributed by atoms with Crippen LogP contribution in [-0.2, 0) is 23.2 Å². The number of hydrogen-bond acceptors (Lipinski definition) is 7. The van der Waals surface area contributed by atoms with Gasteiger partial charge in [-0.2, -0.15) is 0 Å². The van der Waals surface area contributed by atoms with E-state index >= 15 is 0 Å². The SMILES string of the molecule is CCc1ccc(Nc2ccc(Nc3ccc(CCOC(c4ccccc4)(c4ccc(OC)cc4)c4ccc(OC)cc4)cc3)c3c2C(=O)c2ccccc2C3=O)cc1. The van der Waals surface area contributed by atoms with Crippen molar-refractivity contribution >= 4 is 34.3 Å². The van der Waals surface area contributed by atoms with Crippen LogP contribution in [0.25, 0.3) is 0 Å². The fourth-order valence-electron chi connectivity index (χ4n) is 7.72. The Morgan fingerprint density at radius 3 is 1.36 bits per heavy atom. The second-order valence-electron chi connectivity index (χ2n) is 14.2. The van der Waals surface area contributed by atoms with Crippen LogP contribution in [0.3, 0.4) is 0 Å². The number of benzene rings is 7. The third-order valence-corrected chi connectivity index (χ3v) is 10.8. The number of hydrogen-bond donors (Lipinski definition) is 2. The van der Waals surface area contributed by atoms with Crippen molar-refractivity contribution in [1.29, 1.82) is 0 Å². The Balaban J connectivity index is 1.06. The summed E-state index contributed by atoms with van der Waals surface area (Å²) >= 11 is 0. The van der Waals surface area contributed by atoms with E-state index in [1.807, 2.05) is 78.9 Å². The number of anilines is 4. The normalized spacial score (nSPS) is 12.1. The first-order chi connectivity index (χ1) is 28.4. The molecule has 0 unspecified atom stereocenters. The second-order valence-corrected chi connectivity index (χ2v) is 14.2. The molecule has 0 spiro atoms. The Hall–Kier alpha value is -6.96. The zero-order valence-electron chi connectivity index (χ0n) is 32.8. The molecule has 288 valence electrons. The van der Waals surface area contributed by atoms with E-state index in [9.17, 15) is 9.59 Å². The number of carbonyl (C=O) groups excluding carboxylic acids is 2. The zero-order chi connectivity index (χ0) is 40.1. The van der Waals surface area contributed by atoms with Gasteiger partial charge >= 0.3 is 0 Å². The molecule has 0 bridgehead atoms. The van der Waals surface area contributed by atoms with Crippen molar-refractivity contribution in [3.63, 3.8) is 0 Å². The number of carbonyl (C=O) groups is 2. The van der Waals surface area contributed by atoms with Gasteiger partial charge < -0.3 is 24.8 Å². The molecule has 0 saturated heterocycles. The summed E-state index contributed by atoms with van der Waals surface area (Å²) in [6.45, 7) is 2.53. The maximum absolute atomic E-state index is 14.1. The van der Waals surface area contributed by atoms with Gasteiger partial charge in [0.1, 0.15) is 17.1 Å². The molecule has 7 aromatic carbocycles. The predicted octanol–water partition coefficient (Wildman–Crippen LogP) is 11.1. The summed E-state index contributed by atoms with van der Waals surface area (Å²) in [7, 11) is 3.32. The van der Waals surface area contributed by atoms with Gasteiger partial charge in [0.15, 0.2) is 11.6 Å². The maximum atomic E-state index is 14.1. The molecule has 0 aromatic heterocycles. The van der Waals surface area contributed by atoms with Crippen molar-refractivity contribution in [1.82, 2.24) is 0 Å². The fraction of sp³-hybridized carbons (Fsp3) is 0.137. The van der Waals surface area contributed by atoms with Crippen LogP contribution in [0.4, 0.5) is 22.7 Å². The van der Waals surface area contributed by atoms with Crippen LogP contribution in [0.15, 0.2) is 164 Å². The smallest absolute Gasteiger partial charge is 0.196 e. The highest BCUT2D eigenvalue weighted by molar-refractivity contribution is 6.32. The highest BCUT2D eigenvalue weighted by Crippen LogP contribution is 2.42. The van der Waals surface area contributed by atoms with Crippen molar-refractivity contribution in [2.45, 2.75) is 25.4 Å². The van der Waals surface area contributed by atoms with Crippen LogP contribution in [0.2, 0.25) is 0 Å². The van der Waals surface area contributed by atoms with Crippen LogP contribution in [0.5, 0.6) is 11.5 Å². The van der Waals surface area contributed by atoms with E-state index in [0.29, 0.717) is 46.7 Å². The molecular formula is C51H44N2O5. The predicted molar refractivity (Wildman–Crippen MR) is 231 cm³/mol. The Kier molecular flexibility index (Phi) is 10.9. The van der Waals surface area contributed by atoms with Gasteiger partial charge in [0.25, 0.3) is 0 Å². The van der Waals surface area contributed by atoms with Crippen molar-refractivity contribution in [3.05, 3.63) is 214 Å². The Morgan fingerprint density at radius 1 is 0.483 bits per heavy atom. The van der Waals surface area contributed by atoms with Gasteiger partial charge in [0.2, 0.25) is 0 Å². The molecule has 7 nitrogen and oxygen atoms in total. The molecule has 0 atom stereocenters. The molecular weight excluding hydrogens is 721 g/mol. The highest BCUT2D eigenvalue weighted by Gasteiger charge is 2.38. The van der Waals surface area contributed by atoms with E-state index in [0.717, 1.165) is 51.5 Å². The monoisotopic (exact) mass is 764 g/mol. The average Bonchev–Trinajstić information content (AvgIpc) is 3.28. The van der Waals surface area contributed by atoms with Crippen molar-refractivity contribution in [2.75, 3.05) is 31.5 Å². The quantitative estimate of drug-likeness (QED) is 0.107.